The van der Waals surface area contributed by atoms with E-state index >= 15 is 0 Å². The first-order valence-corrected chi connectivity index (χ1v) is 5.38. The Hall–Kier alpha value is -1.43. The van der Waals surface area contributed by atoms with Gasteiger partial charge in [0.15, 0.2) is 5.81 Å². The van der Waals surface area contributed by atoms with E-state index in [9.17, 15) is 13.6 Å². The van der Waals surface area contributed by atoms with Gasteiger partial charge < -0.3 is 10.1 Å². The fraction of sp³-hybridized carbons (Fsp3) is 0.364. The molecule has 0 aromatic heterocycles. The number of nitrogens with one attached hydrogen (secondary N) is 1. The summed E-state index contributed by atoms with van der Waals surface area (Å²) in [5, 5.41) is 2.72. The fourth-order valence-electron chi connectivity index (χ4n) is 1.81. The Balaban J connectivity index is 2.08. The van der Waals surface area contributed by atoms with Gasteiger partial charge in [0.2, 0.25) is 7.85 Å². The lowest BCUT2D eigenvalue weighted by molar-refractivity contribution is 0.251. The van der Waals surface area contributed by atoms with Gasteiger partial charge in [-0.15, -0.1) is 0 Å². The molecular weight excluding hydrogens is 227 g/mol. The van der Waals surface area contributed by atoms with Gasteiger partial charge in [-0.25, -0.2) is 8.78 Å². The van der Waals surface area contributed by atoms with E-state index in [4.69, 9.17) is 4.74 Å². The largest absolute Gasteiger partial charge is 0.371 e. The number of amides is 1. The third kappa shape index (κ3) is 3.52. The van der Waals surface area contributed by atoms with Crippen LogP contribution in [0.4, 0.5) is 13.6 Å². The maximum atomic E-state index is 13.0. The van der Waals surface area contributed by atoms with Crippen LogP contribution in [0.3, 0.4) is 0 Å². The second-order valence-electron chi connectivity index (χ2n) is 4.16. The summed E-state index contributed by atoms with van der Waals surface area (Å²) in [6, 6.07) is 3.12. The van der Waals surface area contributed by atoms with Crippen LogP contribution in [0.5, 0.6) is 0 Å². The Morgan fingerprint density at radius 3 is 2.53 bits per heavy atom. The average molecular weight is 239 g/mol. The molecule has 0 unspecified atom stereocenters. The fourth-order valence-corrected chi connectivity index (χ4v) is 1.81. The Morgan fingerprint density at radius 2 is 2.06 bits per heavy atom. The van der Waals surface area contributed by atoms with Gasteiger partial charge in [0.05, 0.1) is 12.6 Å². The van der Waals surface area contributed by atoms with E-state index in [1.807, 2.05) is 0 Å². The van der Waals surface area contributed by atoms with Gasteiger partial charge in [-0.1, -0.05) is 0 Å². The lowest BCUT2D eigenvalue weighted by Gasteiger charge is -2.15. The van der Waals surface area contributed by atoms with E-state index < -0.39 is 11.6 Å². The molecule has 1 aliphatic heterocycles. The zero-order chi connectivity index (χ0) is 12.4. The Morgan fingerprint density at radius 1 is 1.47 bits per heavy atom. The van der Waals surface area contributed by atoms with Gasteiger partial charge in [-0.3, -0.25) is 4.79 Å². The summed E-state index contributed by atoms with van der Waals surface area (Å²) in [7, 11) is 1.40. The van der Waals surface area contributed by atoms with E-state index in [0.29, 0.717) is 18.6 Å². The normalized spacial score (nSPS) is 19.8. The maximum Gasteiger partial charge on any atom is 0.215 e. The van der Waals surface area contributed by atoms with Crippen molar-refractivity contribution in [3.8, 4) is 0 Å². The Kier molecular flexibility index (Phi) is 3.42. The summed E-state index contributed by atoms with van der Waals surface area (Å²) in [6.45, 7) is 0.572. The van der Waals surface area contributed by atoms with Crippen LogP contribution >= 0.6 is 0 Å². The molecule has 17 heavy (non-hydrogen) atoms. The van der Waals surface area contributed by atoms with E-state index in [1.165, 1.54) is 20.0 Å². The lowest BCUT2D eigenvalue weighted by atomic mass is 10.0. The van der Waals surface area contributed by atoms with Crippen LogP contribution in [-0.4, -0.2) is 32.4 Å². The van der Waals surface area contributed by atoms with Gasteiger partial charge >= 0.3 is 0 Å². The van der Waals surface area contributed by atoms with Crippen molar-refractivity contribution in [1.29, 1.82) is 0 Å². The monoisotopic (exact) mass is 239 g/mol. The molecule has 90 valence electrons. The third-order valence-electron chi connectivity index (χ3n) is 2.57. The summed E-state index contributed by atoms with van der Waals surface area (Å²) in [6.07, 6.45) is 0.309. The molecule has 0 radical (unpaired) electrons. The summed E-state index contributed by atoms with van der Waals surface area (Å²) in [5.41, 5.74) is 0.511. The highest BCUT2D eigenvalue weighted by Gasteiger charge is 2.33. The molecule has 1 heterocycles. The standard InChI is InChI=1S/C11H12BF2NO2/c12-11(16)15-9(10-5-17-10)3-6-1-7(13)4-8(14)2-6/h1-2,4,9-10H,3,5,12H2,(H,15,16)/t9-,10+/m0/s1. The van der Waals surface area contributed by atoms with E-state index in [2.05, 4.69) is 5.32 Å². The van der Waals surface area contributed by atoms with Crippen LogP contribution in [0.1, 0.15) is 5.56 Å². The van der Waals surface area contributed by atoms with E-state index in [-0.39, 0.29) is 18.0 Å². The first-order chi connectivity index (χ1) is 8.04. The van der Waals surface area contributed by atoms with Gasteiger partial charge in [-0.2, -0.15) is 0 Å². The van der Waals surface area contributed by atoms with Gasteiger partial charge in [0, 0.05) is 6.07 Å². The minimum atomic E-state index is -0.613. The van der Waals surface area contributed by atoms with E-state index in [1.54, 1.807) is 0 Å². The number of rotatable bonds is 4. The zero-order valence-electron chi connectivity index (χ0n) is 9.37. The highest BCUT2D eigenvalue weighted by molar-refractivity contribution is 6.57. The van der Waals surface area contributed by atoms with Crippen LogP contribution < -0.4 is 5.32 Å². The summed E-state index contributed by atoms with van der Waals surface area (Å²) in [4.78, 5) is 11.0. The van der Waals surface area contributed by atoms with Crippen molar-refractivity contribution < 1.29 is 18.3 Å². The van der Waals surface area contributed by atoms with Crippen LogP contribution in [0, 0.1) is 11.6 Å². The molecule has 2 atom stereocenters. The summed E-state index contributed by atoms with van der Waals surface area (Å²) >= 11 is 0. The number of hydrogen-bond acceptors (Lipinski definition) is 2. The van der Waals surface area contributed by atoms with Crippen molar-refractivity contribution in [2.24, 2.45) is 0 Å². The minimum absolute atomic E-state index is 0.0507. The topological polar surface area (TPSA) is 41.6 Å². The van der Waals surface area contributed by atoms with Crippen molar-refractivity contribution in [2.75, 3.05) is 6.61 Å². The Labute approximate surface area is 98.6 Å². The Bertz CT molecular complexity index is 417. The molecule has 1 aliphatic rings. The van der Waals surface area contributed by atoms with Crippen molar-refractivity contribution in [1.82, 2.24) is 5.32 Å². The number of ether oxygens (including phenoxy) is 1. The highest BCUT2D eigenvalue weighted by Crippen LogP contribution is 2.19. The molecule has 2 rings (SSSR count). The zero-order valence-corrected chi connectivity index (χ0v) is 9.37. The van der Waals surface area contributed by atoms with E-state index in [0.717, 1.165) is 6.07 Å². The molecule has 6 heteroatoms. The number of carbonyl (C=O) groups is 1. The van der Waals surface area contributed by atoms with Crippen molar-refractivity contribution in [3.63, 3.8) is 0 Å². The molecule has 3 nitrogen and oxygen atoms in total. The number of hydrogen-bond donors (Lipinski definition) is 1. The number of benzene rings is 1. The smallest absolute Gasteiger partial charge is 0.215 e. The number of epoxide rings is 1. The van der Waals surface area contributed by atoms with Gasteiger partial charge in [0.25, 0.3) is 0 Å². The third-order valence-corrected chi connectivity index (χ3v) is 2.57. The molecule has 0 saturated carbocycles. The molecule has 1 saturated heterocycles. The molecule has 1 aromatic rings. The SMILES string of the molecule is BC(=O)N[C@@H](Cc1cc(F)cc(F)c1)[C@H]1CO1. The molecule has 1 amide bonds. The van der Waals surface area contributed by atoms with Crippen molar-refractivity contribution in [2.45, 2.75) is 18.6 Å². The first-order valence-electron chi connectivity index (χ1n) is 5.38. The van der Waals surface area contributed by atoms with Crippen molar-refractivity contribution in [3.05, 3.63) is 35.4 Å². The van der Waals surface area contributed by atoms with Crippen LogP contribution in [0.2, 0.25) is 0 Å². The predicted molar refractivity (Wildman–Crippen MR) is 60.7 cm³/mol. The summed E-state index contributed by atoms with van der Waals surface area (Å²) in [5.74, 6) is -1.40. The van der Waals surface area contributed by atoms with Crippen LogP contribution in [0.25, 0.3) is 0 Å². The highest BCUT2D eigenvalue weighted by atomic mass is 19.1. The second kappa shape index (κ2) is 4.83. The van der Waals surface area contributed by atoms with Crippen LogP contribution in [0.15, 0.2) is 18.2 Å². The average Bonchev–Trinajstić information content (AvgIpc) is 2.96. The summed E-state index contributed by atoms with van der Waals surface area (Å²) < 4.78 is 31.1. The molecule has 1 fully saturated rings. The number of carbonyl (C=O) groups excluding carboxylic acids is 1. The predicted octanol–water partition coefficient (Wildman–Crippen LogP) is 0.617. The second-order valence-corrected chi connectivity index (χ2v) is 4.16. The molecule has 0 aliphatic carbocycles. The van der Waals surface area contributed by atoms with Crippen molar-refractivity contribution >= 4 is 13.7 Å². The van der Waals surface area contributed by atoms with Gasteiger partial charge in [-0.05, 0) is 24.1 Å². The molecule has 0 spiro atoms. The quantitative estimate of drug-likeness (QED) is 0.618. The van der Waals surface area contributed by atoms with Crippen LogP contribution in [-0.2, 0) is 11.2 Å². The number of halogens is 2. The lowest BCUT2D eigenvalue weighted by Crippen LogP contribution is -2.39. The first kappa shape index (κ1) is 12.0. The maximum absolute atomic E-state index is 13.0. The molecule has 0 bridgehead atoms. The minimum Gasteiger partial charge on any atom is -0.371 e. The molecule has 1 N–H and O–H groups in total. The van der Waals surface area contributed by atoms with Gasteiger partial charge in [0.1, 0.15) is 17.7 Å². The molecule has 1 aromatic carbocycles. The molecular formula is C11H12BF2NO2.